The molecule has 2 nitrogen and oxygen atoms in total. The van der Waals surface area contributed by atoms with Gasteiger partial charge in [-0.15, -0.1) is 0 Å². The van der Waals surface area contributed by atoms with Crippen LogP contribution < -0.4 is 5.73 Å². The third-order valence-corrected chi connectivity index (χ3v) is 5.97. The lowest BCUT2D eigenvalue weighted by Crippen LogP contribution is -2.61. The fourth-order valence-corrected chi connectivity index (χ4v) is 5.15. The molecule has 21 heavy (non-hydrogen) atoms. The minimum atomic E-state index is 0.331. The van der Waals surface area contributed by atoms with Crippen molar-refractivity contribution in [2.45, 2.75) is 96.6 Å². The predicted octanol–water partition coefficient (Wildman–Crippen LogP) is 4.57. The van der Waals surface area contributed by atoms with E-state index in [-0.39, 0.29) is 0 Å². The summed E-state index contributed by atoms with van der Waals surface area (Å²) in [6.45, 7) is 9.27. The van der Waals surface area contributed by atoms with Crippen molar-refractivity contribution in [1.29, 1.82) is 0 Å². The van der Waals surface area contributed by atoms with E-state index in [0.717, 1.165) is 24.4 Å². The van der Waals surface area contributed by atoms with Crippen LogP contribution >= 0.6 is 0 Å². The van der Waals surface area contributed by atoms with Crippen LogP contribution in [-0.4, -0.2) is 29.6 Å². The van der Waals surface area contributed by atoms with Gasteiger partial charge in [0.15, 0.2) is 0 Å². The quantitative estimate of drug-likeness (QED) is 0.777. The molecule has 2 fully saturated rings. The second kappa shape index (κ2) is 7.97. The van der Waals surface area contributed by atoms with Crippen LogP contribution in [0.1, 0.15) is 85.0 Å². The normalized spacial score (nSPS) is 35.3. The predicted molar refractivity (Wildman–Crippen MR) is 92.5 cm³/mol. The molecule has 0 bridgehead atoms. The second-order valence-electron chi connectivity index (χ2n) is 8.15. The maximum Gasteiger partial charge on any atom is 0.0337 e. The molecule has 0 aromatic rings. The highest BCUT2D eigenvalue weighted by Gasteiger charge is 2.43. The minimum absolute atomic E-state index is 0.331. The average Bonchev–Trinajstić information content (AvgIpc) is 2.47. The van der Waals surface area contributed by atoms with Gasteiger partial charge in [0.2, 0.25) is 0 Å². The van der Waals surface area contributed by atoms with Gasteiger partial charge in [0.25, 0.3) is 0 Å². The van der Waals surface area contributed by atoms with Gasteiger partial charge in [-0.05, 0) is 56.9 Å². The van der Waals surface area contributed by atoms with Crippen molar-refractivity contribution in [2.24, 2.45) is 17.6 Å². The summed E-state index contributed by atoms with van der Waals surface area (Å²) in [5.74, 6) is 1.74. The van der Waals surface area contributed by atoms with E-state index in [0.29, 0.717) is 5.54 Å². The van der Waals surface area contributed by atoms with E-state index in [4.69, 9.17) is 5.73 Å². The molecule has 1 heterocycles. The summed E-state index contributed by atoms with van der Waals surface area (Å²) in [6.07, 6.45) is 13.8. The Morgan fingerprint density at radius 3 is 2.67 bits per heavy atom. The first-order valence-electron chi connectivity index (χ1n) is 9.58. The molecule has 124 valence electrons. The molecule has 1 saturated heterocycles. The molecular weight excluding hydrogens is 256 g/mol. The molecule has 2 rings (SSSR count). The second-order valence-corrected chi connectivity index (χ2v) is 8.15. The van der Waals surface area contributed by atoms with Gasteiger partial charge in [0.05, 0.1) is 0 Å². The SMILES string of the molecule is CCCC1CCCCN1C1(CN)CCCC(CC(C)C)C1. The largest absolute Gasteiger partial charge is 0.329 e. The lowest BCUT2D eigenvalue weighted by Gasteiger charge is -2.53. The Hall–Kier alpha value is -0.0800. The summed E-state index contributed by atoms with van der Waals surface area (Å²) >= 11 is 0. The van der Waals surface area contributed by atoms with Crippen LogP contribution in [-0.2, 0) is 0 Å². The van der Waals surface area contributed by atoms with Crippen molar-refractivity contribution < 1.29 is 0 Å². The Labute approximate surface area is 132 Å². The van der Waals surface area contributed by atoms with E-state index in [9.17, 15) is 0 Å². The van der Waals surface area contributed by atoms with E-state index in [1.54, 1.807) is 0 Å². The highest BCUT2D eigenvalue weighted by Crippen LogP contribution is 2.42. The van der Waals surface area contributed by atoms with Gasteiger partial charge in [-0.1, -0.05) is 46.5 Å². The summed E-state index contributed by atoms with van der Waals surface area (Å²) in [5.41, 5.74) is 6.71. The summed E-state index contributed by atoms with van der Waals surface area (Å²) < 4.78 is 0. The van der Waals surface area contributed by atoms with E-state index < -0.39 is 0 Å². The minimum Gasteiger partial charge on any atom is -0.329 e. The molecule has 3 unspecified atom stereocenters. The Morgan fingerprint density at radius 1 is 1.19 bits per heavy atom. The molecule has 2 heteroatoms. The summed E-state index contributed by atoms with van der Waals surface area (Å²) in [7, 11) is 0. The molecule has 1 aliphatic carbocycles. The highest BCUT2D eigenvalue weighted by atomic mass is 15.2. The van der Waals surface area contributed by atoms with Gasteiger partial charge in [0, 0.05) is 18.1 Å². The van der Waals surface area contributed by atoms with Crippen LogP contribution in [0, 0.1) is 11.8 Å². The first-order valence-corrected chi connectivity index (χ1v) is 9.58. The van der Waals surface area contributed by atoms with Crippen molar-refractivity contribution in [3.05, 3.63) is 0 Å². The molecular formula is C19H38N2. The zero-order valence-corrected chi connectivity index (χ0v) is 14.7. The van der Waals surface area contributed by atoms with Gasteiger partial charge in [0.1, 0.15) is 0 Å². The molecule has 2 N–H and O–H groups in total. The van der Waals surface area contributed by atoms with E-state index in [2.05, 4.69) is 25.7 Å². The van der Waals surface area contributed by atoms with Gasteiger partial charge in [-0.2, -0.15) is 0 Å². The Morgan fingerprint density at radius 2 is 2.00 bits per heavy atom. The molecule has 0 radical (unpaired) electrons. The van der Waals surface area contributed by atoms with Crippen LogP contribution in [0.3, 0.4) is 0 Å². The summed E-state index contributed by atoms with van der Waals surface area (Å²) in [6, 6.07) is 0.810. The van der Waals surface area contributed by atoms with E-state index in [1.807, 2.05) is 0 Å². The van der Waals surface area contributed by atoms with Crippen LogP contribution in [0.25, 0.3) is 0 Å². The van der Waals surface area contributed by atoms with Crippen LogP contribution in [0.4, 0.5) is 0 Å². The molecule has 0 aromatic heterocycles. The maximum absolute atomic E-state index is 6.38. The monoisotopic (exact) mass is 294 g/mol. The standard InChI is InChI=1S/C19H38N2/c1-4-8-18-10-5-6-12-21(18)19(15-20)11-7-9-17(14-19)13-16(2)3/h16-18H,4-15,20H2,1-3H3. The maximum atomic E-state index is 6.38. The van der Waals surface area contributed by atoms with Crippen LogP contribution in [0.15, 0.2) is 0 Å². The van der Waals surface area contributed by atoms with Gasteiger partial charge < -0.3 is 5.73 Å². The smallest absolute Gasteiger partial charge is 0.0337 e. The number of rotatable bonds is 6. The van der Waals surface area contributed by atoms with E-state index in [1.165, 1.54) is 70.8 Å². The van der Waals surface area contributed by atoms with E-state index >= 15 is 0 Å². The molecule has 0 amide bonds. The van der Waals surface area contributed by atoms with Crippen molar-refractivity contribution in [3.8, 4) is 0 Å². The molecule has 0 aromatic carbocycles. The summed E-state index contributed by atoms with van der Waals surface area (Å²) in [5, 5.41) is 0. The van der Waals surface area contributed by atoms with Crippen molar-refractivity contribution in [1.82, 2.24) is 4.90 Å². The average molecular weight is 295 g/mol. The third-order valence-electron chi connectivity index (χ3n) is 5.97. The van der Waals surface area contributed by atoms with Crippen LogP contribution in [0.5, 0.6) is 0 Å². The molecule has 1 aliphatic heterocycles. The molecule has 2 aliphatic rings. The topological polar surface area (TPSA) is 29.3 Å². The number of hydrogen-bond acceptors (Lipinski definition) is 2. The molecule has 3 atom stereocenters. The highest BCUT2D eigenvalue weighted by molar-refractivity contribution is 5.00. The number of piperidine rings is 1. The molecule has 0 spiro atoms. The fourth-order valence-electron chi connectivity index (χ4n) is 5.15. The zero-order valence-electron chi connectivity index (χ0n) is 14.7. The zero-order chi connectivity index (χ0) is 15.3. The summed E-state index contributed by atoms with van der Waals surface area (Å²) in [4.78, 5) is 2.88. The lowest BCUT2D eigenvalue weighted by atomic mass is 9.71. The Kier molecular flexibility index (Phi) is 6.55. The fraction of sp³-hybridized carbons (Fsp3) is 1.00. The number of nitrogens with zero attached hydrogens (tertiary/aromatic N) is 1. The Bertz CT molecular complexity index is 300. The molecule has 1 saturated carbocycles. The van der Waals surface area contributed by atoms with Gasteiger partial charge in [-0.25, -0.2) is 0 Å². The van der Waals surface area contributed by atoms with Crippen molar-refractivity contribution in [3.63, 3.8) is 0 Å². The first kappa shape index (κ1) is 17.3. The van der Waals surface area contributed by atoms with Crippen molar-refractivity contribution >= 4 is 0 Å². The lowest BCUT2D eigenvalue weighted by molar-refractivity contribution is -0.0221. The third kappa shape index (κ3) is 4.22. The van der Waals surface area contributed by atoms with Gasteiger partial charge in [-0.3, -0.25) is 4.90 Å². The van der Waals surface area contributed by atoms with Crippen molar-refractivity contribution in [2.75, 3.05) is 13.1 Å². The number of hydrogen-bond donors (Lipinski definition) is 1. The number of nitrogens with two attached hydrogens (primary N) is 1. The Balaban J connectivity index is 2.10. The van der Waals surface area contributed by atoms with Gasteiger partial charge >= 0.3 is 0 Å². The van der Waals surface area contributed by atoms with Crippen LogP contribution in [0.2, 0.25) is 0 Å². The number of likely N-dealkylation sites (tertiary alicyclic amines) is 1. The first-order chi connectivity index (χ1) is 10.1.